The highest BCUT2D eigenvalue weighted by Gasteiger charge is 2.23. The van der Waals surface area contributed by atoms with E-state index in [9.17, 15) is 0 Å². The Hall–Kier alpha value is -0.820. The van der Waals surface area contributed by atoms with Crippen LogP contribution in [0.5, 0.6) is 0 Å². The molecule has 1 nitrogen and oxygen atoms in total. The maximum absolute atomic E-state index is 3.81. The molecule has 98 valence electrons. The van der Waals surface area contributed by atoms with Crippen molar-refractivity contribution in [2.75, 3.05) is 6.54 Å². The lowest BCUT2D eigenvalue weighted by molar-refractivity contribution is 0.274. The van der Waals surface area contributed by atoms with Crippen LogP contribution in [0.15, 0.2) is 24.3 Å². The van der Waals surface area contributed by atoms with Gasteiger partial charge in [-0.3, -0.25) is 0 Å². The molecule has 3 rings (SSSR count). The maximum Gasteiger partial charge on any atom is 0.0148 e. The van der Waals surface area contributed by atoms with Crippen molar-refractivity contribution in [3.05, 3.63) is 35.4 Å². The number of hydrogen-bond donors (Lipinski definition) is 1. The standard InChI is InChI=1S/C17H25N/c1-13-6-8-14(9-7-13)12-18-17-10-15-4-2-3-5-16(15)11-17/h2-5,13-14,17-18H,6-12H2,1H3. The Labute approximate surface area is 111 Å². The van der Waals surface area contributed by atoms with E-state index in [0.717, 1.165) is 11.8 Å². The van der Waals surface area contributed by atoms with Gasteiger partial charge in [0.1, 0.15) is 0 Å². The van der Waals surface area contributed by atoms with Gasteiger partial charge in [0.05, 0.1) is 0 Å². The van der Waals surface area contributed by atoms with Gasteiger partial charge in [-0.2, -0.15) is 0 Å². The van der Waals surface area contributed by atoms with E-state index in [2.05, 4.69) is 36.5 Å². The summed E-state index contributed by atoms with van der Waals surface area (Å²) in [6.07, 6.45) is 8.23. The second-order valence-electron chi connectivity index (χ2n) is 6.41. The lowest BCUT2D eigenvalue weighted by Gasteiger charge is -2.27. The van der Waals surface area contributed by atoms with Crippen LogP contribution in [0.4, 0.5) is 0 Å². The molecule has 0 radical (unpaired) electrons. The van der Waals surface area contributed by atoms with E-state index < -0.39 is 0 Å². The zero-order valence-corrected chi connectivity index (χ0v) is 11.5. The molecule has 0 aromatic heterocycles. The summed E-state index contributed by atoms with van der Waals surface area (Å²) in [4.78, 5) is 0. The quantitative estimate of drug-likeness (QED) is 0.856. The Morgan fingerprint density at radius 1 is 1.00 bits per heavy atom. The molecule has 0 heterocycles. The zero-order chi connectivity index (χ0) is 12.4. The van der Waals surface area contributed by atoms with Gasteiger partial charge in [0, 0.05) is 6.04 Å². The molecule has 0 saturated heterocycles. The lowest BCUT2D eigenvalue weighted by Crippen LogP contribution is -2.35. The van der Waals surface area contributed by atoms with E-state index in [4.69, 9.17) is 0 Å². The van der Waals surface area contributed by atoms with Gasteiger partial charge in [-0.05, 0) is 55.2 Å². The Kier molecular flexibility index (Phi) is 3.69. The second kappa shape index (κ2) is 5.44. The molecule has 0 bridgehead atoms. The van der Waals surface area contributed by atoms with Gasteiger partial charge in [0.15, 0.2) is 0 Å². The average Bonchev–Trinajstić information content (AvgIpc) is 2.81. The van der Waals surface area contributed by atoms with E-state index in [1.807, 2.05) is 0 Å². The summed E-state index contributed by atoms with van der Waals surface area (Å²) in [5.74, 6) is 1.90. The third-order valence-corrected chi connectivity index (χ3v) is 4.88. The normalized spacial score (nSPS) is 28.3. The molecule has 2 aliphatic rings. The van der Waals surface area contributed by atoms with Crippen LogP contribution in [0.3, 0.4) is 0 Å². The van der Waals surface area contributed by atoms with Crippen LogP contribution in [0.2, 0.25) is 0 Å². The predicted molar refractivity (Wildman–Crippen MR) is 76.8 cm³/mol. The molecule has 1 N–H and O–H groups in total. The molecule has 0 amide bonds. The Bertz CT molecular complexity index is 365. The van der Waals surface area contributed by atoms with Gasteiger partial charge in [-0.25, -0.2) is 0 Å². The summed E-state index contributed by atoms with van der Waals surface area (Å²) < 4.78 is 0. The van der Waals surface area contributed by atoms with Crippen LogP contribution in [-0.2, 0) is 12.8 Å². The van der Waals surface area contributed by atoms with E-state index >= 15 is 0 Å². The minimum absolute atomic E-state index is 0.696. The minimum Gasteiger partial charge on any atom is -0.313 e. The van der Waals surface area contributed by atoms with Crippen molar-refractivity contribution in [3.8, 4) is 0 Å². The van der Waals surface area contributed by atoms with Crippen LogP contribution in [0.25, 0.3) is 0 Å². The van der Waals surface area contributed by atoms with Gasteiger partial charge in [-0.15, -0.1) is 0 Å². The molecule has 0 unspecified atom stereocenters. The van der Waals surface area contributed by atoms with Crippen molar-refractivity contribution in [3.63, 3.8) is 0 Å². The van der Waals surface area contributed by atoms with Crippen LogP contribution < -0.4 is 5.32 Å². The monoisotopic (exact) mass is 243 g/mol. The number of rotatable bonds is 3. The molecule has 2 aliphatic carbocycles. The first kappa shape index (κ1) is 12.2. The third-order valence-electron chi connectivity index (χ3n) is 4.88. The van der Waals surface area contributed by atoms with Gasteiger partial charge in [0.25, 0.3) is 0 Å². The SMILES string of the molecule is CC1CCC(CNC2Cc3ccccc3C2)CC1. The van der Waals surface area contributed by atoms with Crippen molar-refractivity contribution in [2.24, 2.45) is 11.8 Å². The smallest absolute Gasteiger partial charge is 0.0148 e. The summed E-state index contributed by atoms with van der Waals surface area (Å²) in [6, 6.07) is 9.62. The molecule has 0 spiro atoms. The van der Waals surface area contributed by atoms with Crippen molar-refractivity contribution in [1.82, 2.24) is 5.32 Å². The predicted octanol–water partition coefficient (Wildman–Crippen LogP) is 3.57. The van der Waals surface area contributed by atoms with E-state index in [0.29, 0.717) is 6.04 Å². The van der Waals surface area contributed by atoms with Crippen molar-refractivity contribution in [1.29, 1.82) is 0 Å². The van der Waals surface area contributed by atoms with E-state index in [1.54, 1.807) is 11.1 Å². The fourth-order valence-corrected chi connectivity index (χ4v) is 3.57. The third kappa shape index (κ3) is 2.77. The Balaban J connectivity index is 1.46. The van der Waals surface area contributed by atoms with Crippen LogP contribution >= 0.6 is 0 Å². The van der Waals surface area contributed by atoms with E-state index in [-0.39, 0.29) is 0 Å². The topological polar surface area (TPSA) is 12.0 Å². The number of fused-ring (bicyclic) bond motifs is 1. The van der Waals surface area contributed by atoms with Gasteiger partial charge < -0.3 is 5.32 Å². The van der Waals surface area contributed by atoms with Gasteiger partial charge in [-0.1, -0.05) is 44.0 Å². The molecule has 1 aromatic rings. The number of benzene rings is 1. The molecule has 1 heteroatoms. The highest BCUT2D eigenvalue weighted by atomic mass is 14.9. The Morgan fingerprint density at radius 2 is 1.61 bits per heavy atom. The molecule has 1 fully saturated rings. The molecule has 18 heavy (non-hydrogen) atoms. The number of nitrogens with one attached hydrogen (secondary N) is 1. The van der Waals surface area contributed by atoms with Crippen LogP contribution in [-0.4, -0.2) is 12.6 Å². The average molecular weight is 243 g/mol. The fraction of sp³-hybridized carbons (Fsp3) is 0.647. The largest absolute Gasteiger partial charge is 0.313 e. The van der Waals surface area contributed by atoms with Crippen molar-refractivity contribution >= 4 is 0 Å². The Morgan fingerprint density at radius 3 is 2.22 bits per heavy atom. The second-order valence-corrected chi connectivity index (χ2v) is 6.41. The molecule has 0 atom stereocenters. The van der Waals surface area contributed by atoms with Gasteiger partial charge >= 0.3 is 0 Å². The first-order valence-electron chi connectivity index (χ1n) is 7.61. The summed E-state index contributed by atoms with van der Waals surface area (Å²) >= 11 is 0. The minimum atomic E-state index is 0.696. The number of hydrogen-bond acceptors (Lipinski definition) is 1. The van der Waals surface area contributed by atoms with Crippen LogP contribution in [0.1, 0.15) is 43.7 Å². The summed E-state index contributed by atoms with van der Waals surface area (Å²) in [6.45, 7) is 3.64. The van der Waals surface area contributed by atoms with Crippen molar-refractivity contribution < 1.29 is 0 Å². The molecule has 0 aliphatic heterocycles. The highest BCUT2D eigenvalue weighted by Crippen LogP contribution is 2.28. The molecular formula is C17H25N. The summed E-state index contributed by atoms with van der Waals surface area (Å²) in [5, 5.41) is 3.81. The van der Waals surface area contributed by atoms with Crippen LogP contribution in [0, 0.1) is 11.8 Å². The first-order chi connectivity index (χ1) is 8.81. The maximum atomic E-state index is 3.81. The lowest BCUT2D eigenvalue weighted by atomic mass is 9.83. The van der Waals surface area contributed by atoms with E-state index in [1.165, 1.54) is 45.1 Å². The molecule has 1 aromatic carbocycles. The van der Waals surface area contributed by atoms with Crippen molar-refractivity contribution in [2.45, 2.75) is 51.5 Å². The fourth-order valence-electron chi connectivity index (χ4n) is 3.57. The first-order valence-corrected chi connectivity index (χ1v) is 7.61. The summed E-state index contributed by atoms with van der Waals surface area (Å²) in [5.41, 5.74) is 3.12. The van der Waals surface area contributed by atoms with Gasteiger partial charge in [0.2, 0.25) is 0 Å². The zero-order valence-electron chi connectivity index (χ0n) is 11.5. The highest BCUT2D eigenvalue weighted by molar-refractivity contribution is 5.33. The summed E-state index contributed by atoms with van der Waals surface area (Å²) in [7, 11) is 0. The molecule has 1 saturated carbocycles. The molecular weight excluding hydrogens is 218 g/mol.